The Labute approximate surface area is 222 Å². The van der Waals surface area contributed by atoms with E-state index in [9.17, 15) is 27.2 Å². The number of aromatic nitrogens is 7. The minimum Gasteiger partial charge on any atom is -0.444 e. The van der Waals surface area contributed by atoms with Gasteiger partial charge in [0.2, 0.25) is 0 Å². The summed E-state index contributed by atoms with van der Waals surface area (Å²) in [6.45, 7) is 4.69. The third-order valence-corrected chi connectivity index (χ3v) is 4.92. The minimum atomic E-state index is -5.09. The van der Waals surface area contributed by atoms with Crippen molar-refractivity contribution in [1.29, 1.82) is 0 Å². The largest absolute Gasteiger partial charge is 0.444 e. The molecule has 0 aliphatic rings. The molecule has 4 aromatic heterocycles. The number of carbonyl (C=O) groups is 2. The number of nitrogens with zero attached hydrogens (tertiary/aromatic N) is 7. The van der Waals surface area contributed by atoms with E-state index < -0.39 is 52.5 Å². The van der Waals surface area contributed by atoms with Gasteiger partial charge in [-0.15, -0.1) is 4.80 Å². The number of amides is 2. The van der Waals surface area contributed by atoms with Crippen LogP contribution >= 0.6 is 11.6 Å². The molecule has 0 unspecified atom stereocenters. The number of rotatable bonds is 5. The average molecular weight is 568 g/mol. The molecule has 0 aliphatic carbocycles. The summed E-state index contributed by atoms with van der Waals surface area (Å²) in [7, 11) is 0. The second-order valence-electron chi connectivity index (χ2n) is 8.75. The number of nitrogens with one attached hydrogen (secondary N) is 2. The van der Waals surface area contributed by atoms with Crippen LogP contribution in [-0.2, 0) is 10.9 Å². The fourth-order valence-electron chi connectivity index (χ4n) is 3.17. The van der Waals surface area contributed by atoms with E-state index in [0.717, 1.165) is 23.1 Å². The van der Waals surface area contributed by atoms with Gasteiger partial charge in [-0.1, -0.05) is 11.6 Å². The predicted octanol–water partition coefficient (Wildman–Crippen LogP) is 4.65. The van der Waals surface area contributed by atoms with Crippen molar-refractivity contribution < 1.29 is 31.9 Å². The molecule has 0 radical (unpaired) electrons. The van der Waals surface area contributed by atoms with Crippen molar-refractivity contribution in [2.75, 3.05) is 10.6 Å². The van der Waals surface area contributed by atoms with Crippen LogP contribution in [0.5, 0.6) is 0 Å². The number of pyridine rings is 2. The van der Waals surface area contributed by atoms with Gasteiger partial charge in [0.25, 0.3) is 5.91 Å². The molecule has 2 amide bonds. The van der Waals surface area contributed by atoms with E-state index in [1.54, 1.807) is 20.8 Å². The van der Waals surface area contributed by atoms with Gasteiger partial charge in [-0.3, -0.25) is 10.1 Å². The molecule has 4 rings (SSSR count). The van der Waals surface area contributed by atoms with E-state index >= 15 is 0 Å². The van der Waals surface area contributed by atoms with Crippen LogP contribution in [-0.4, -0.2) is 52.3 Å². The van der Waals surface area contributed by atoms with Crippen LogP contribution in [0.4, 0.5) is 33.9 Å². The van der Waals surface area contributed by atoms with Gasteiger partial charge < -0.3 is 10.1 Å². The summed E-state index contributed by atoms with van der Waals surface area (Å²) in [5.74, 6) is -3.34. The van der Waals surface area contributed by atoms with Crippen molar-refractivity contribution >= 4 is 35.1 Å². The molecule has 0 bridgehead atoms. The zero-order valence-corrected chi connectivity index (χ0v) is 21.0. The summed E-state index contributed by atoms with van der Waals surface area (Å²) < 4.78 is 61.9. The van der Waals surface area contributed by atoms with Gasteiger partial charge >= 0.3 is 12.3 Å². The first-order chi connectivity index (χ1) is 18.2. The molecule has 0 aromatic carbocycles. The van der Waals surface area contributed by atoms with Crippen LogP contribution in [0.25, 0.3) is 11.6 Å². The highest BCUT2D eigenvalue weighted by molar-refractivity contribution is 6.32. The van der Waals surface area contributed by atoms with Crippen molar-refractivity contribution in [2.24, 2.45) is 0 Å². The lowest BCUT2D eigenvalue weighted by molar-refractivity contribution is -0.143. The van der Waals surface area contributed by atoms with E-state index in [1.165, 1.54) is 18.5 Å². The maximum Gasteiger partial charge on any atom is 0.434 e. The second kappa shape index (κ2) is 10.3. The average Bonchev–Trinajstić information content (AvgIpc) is 3.49. The van der Waals surface area contributed by atoms with Crippen molar-refractivity contribution in [3.8, 4) is 11.6 Å². The monoisotopic (exact) mass is 567 g/mol. The summed E-state index contributed by atoms with van der Waals surface area (Å²) in [5, 5.41) is 15.7. The molecular weight excluding hydrogens is 550 g/mol. The molecular formula is C22H18ClF4N9O3. The lowest BCUT2D eigenvalue weighted by Crippen LogP contribution is -2.28. The Morgan fingerprint density at radius 1 is 1.03 bits per heavy atom. The number of halogens is 5. The van der Waals surface area contributed by atoms with Gasteiger partial charge in [-0.25, -0.2) is 23.8 Å². The lowest BCUT2D eigenvalue weighted by atomic mass is 10.2. The van der Waals surface area contributed by atoms with Crippen LogP contribution in [0.2, 0.25) is 5.02 Å². The number of ether oxygens (including phenoxy) is 1. The van der Waals surface area contributed by atoms with E-state index in [0.29, 0.717) is 10.9 Å². The van der Waals surface area contributed by atoms with Crippen LogP contribution in [0.3, 0.4) is 0 Å². The van der Waals surface area contributed by atoms with Crippen LogP contribution in [0.1, 0.15) is 36.8 Å². The van der Waals surface area contributed by atoms with E-state index in [2.05, 4.69) is 30.6 Å². The Balaban J connectivity index is 1.64. The molecule has 12 nitrogen and oxygen atoms in total. The zero-order valence-electron chi connectivity index (χ0n) is 20.3. The lowest BCUT2D eigenvalue weighted by Gasteiger charge is -2.19. The predicted molar refractivity (Wildman–Crippen MR) is 128 cm³/mol. The second-order valence-corrected chi connectivity index (χ2v) is 9.15. The summed E-state index contributed by atoms with van der Waals surface area (Å²) in [4.78, 5) is 33.7. The number of hydrogen-bond acceptors (Lipinski definition) is 8. The van der Waals surface area contributed by atoms with Crippen molar-refractivity contribution in [3.63, 3.8) is 0 Å². The highest BCUT2D eigenvalue weighted by atomic mass is 35.5. The fourth-order valence-corrected chi connectivity index (χ4v) is 3.41. The molecule has 0 atom stereocenters. The molecule has 0 saturated heterocycles. The third kappa shape index (κ3) is 6.28. The Kier molecular flexibility index (Phi) is 7.23. The number of alkyl halides is 3. The third-order valence-electron chi connectivity index (χ3n) is 4.64. The molecule has 0 spiro atoms. The van der Waals surface area contributed by atoms with Gasteiger partial charge in [0.15, 0.2) is 29.0 Å². The molecule has 0 aliphatic heterocycles. The Hall–Kier alpha value is -4.60. The van der Waals surface area contributed by atoms with E-state index in [-0.39, 0.29) is 16.5 Å². The van der Waals surface area contributed by atoms with Crippen LogP contribution in [0, 0.1) is 5.82 Å². The van der Waals surface area contributed by atoms with E-state index in [1.807, 2.05) is 5.32 Å². The maximum atomic E-state index is 14.3. The van der Waals surface area contributed by atoms with Crippen molar-refractivity contribution in [3.05, 3.63) is 65.1 Å². The van der Waals surface area contributed by atoms with Crippen molar-refractivity contribution in [1.82, 2.24) is 34.7 Å². The highest BCUT2D eigenvalue weighted by Gasteiger charge is 2.41. The molecule has 0 fully saturated rings. The molecule has 17 heteroatoms. The van der Waals surface area contributed by atoms with Gasteiger partial charge in [0, 0.05) is 0 Å². The Morgan fingerprint density at radius 2 is 1.72 bits per heavy atom. The summed E-state index contributed by atoms with van der Waals surface area (Å²) in [6.07, 6.45) is -1.59. The molecule has 4 aromatic rings. The molecule has 0 saturated carbocycles. The van der Waals surface area contributed by atoms with Gasteiger partial charge in [-0.2, -0.15) is 28.5 Å². The van der Waals surface area contributed by atoms with Gasteiger partial charge in [0.05, 0.1) is 41.1 Å². The topological polar surface area (TPSA) is 142 Å². The zero-order chi connectivity index (χ0) is 28.5. The smallest absolute Gasteiger partial charge is 0.434 e. The molecule has 204 valence electrons. The number of carbonyl (C=O) groups excluding carboxylic acids is 2. The van der Waals surface area contributed by atoms with Crippen molar-refractivity contribution in [2.45, 2.75) is 32.5 Å². The van der Waals surface area contributed by atoms with Gasteiger partial charge in [-0.05, 0) is 39.0 Å². The highest BCUT2D eigenvalue weighted by Crippen LogP contribution is 2.34. The standard InChI is InChI=1S/C22H18ClF4N9O3/c1-21(2,3)39-20(38)34-17-14(24)4-5-15(33-17)35-16(22(25,26)27)12(10-31-35)19(37)32-11-8-13(23)18(28-9-11)36-29-6-7-30-36/h4-10H,1-3H3,(H,32,37)(H,33,34,38). The number of hydrogen-bond donors (Lipinski definition) is 2. The first-order valence-electron chi connectivity index (χ1n) is 10.9. The number of anilines is 2. The van der Waals surface area contributed by atoms with E-state index in [4.69, 9.17) is 16.3 Å². The summed E-state index contributed by atoms with van der Waals surface area (Å²) >= 11 is 6.15. The Bertz CT molecular complexity index is 1530. The molecule has 4 heterocycles. The van der Waals surface area contributed by atoms with Crippen LogP contribution in [0.15, 0.2) is 43.0 Å². The van der Waals surface area contributed by atoms with Crippen LogP contribution < -0.4 is 10.6 Å². The molecule has 39 heavy (non-hydrogen) atoms. The molecule has 2 N–H and O–H groups in total. The fraction of sp³-hybridized carbons (Fsp3) is 0.227. The quantitative estimate of drug-likeness (QED) is 0.332. The summed E-state index contributed by atoms with van der Waals surface area (Å²) in [6, 6.07) is 2.92. The normalized spacial score (nSPS) is 11.8. The Morgan fingerprint density at radius 3 is 2.33 bits per heavy atom. The first kappa shape index (κ1) is 27.4. The maximum absolute atomic E-state index is 14.3. The van der Waals surface area contributed by atoms with Gasteiger partial charge in [0.1, 0.15) is 5.60 Å². The first-order valence-corrected chi connectivity index (χ1v) is 11.3. The summed E-state index contributed by atoms with van der Waals surface area (Å²) in [5.41, 5.74) is -3.32. The SMILES string of the molecule is CC(C)(C)OC(=O)Nc1nc(-n2ncc(C(=O)Nc3cnc(-n4nccn4)c(Cl)c3)c2C(F)(F)F)ccc1F. The minimum absolute atomic E-state index is 0.0104.